The molecule has 6 heteroatoms. The van der Waals surface area contributed by atoms with Gasteiger partial charge in [0.1, 0.15) is 11.5 Å². The Balaban J connectivity index is 1.74. The van der Waals surface area contributed by atoms with Gasteiger partial charge in [0, 0.05) is 24.8 Å². The largest absolute Gasteiger partial charge is 0.493 e. The fraction of sp³-hybridized carbons (Fsp3) is 0.400. The molecule has 0 saturated carbocycles. The second kappa shape index (κ2) is 8.56. The van der Waals surface area contributed by atoms with Crippen LogP contribution in [0.5, 0.6) is 11.5 Å². The zero-order valence-electron chi connectivity index (χ0n) is 15.3. The minimum atomic E-state index is -0.242. The van der Waals surface area contributed by atoms with Gasteiger partial charge in [-0.15, -0.1) is 0 Å². The first-order valence-electron chi connectivity index (χ1n) is 8.96. The lowest BCUT2D eigenvalue weighted by Crippen LogP contribution is -2.26. The zero-order valence-corrected chi connectivity index (χ0v) is 15.3. The molecule has 1 saturated heterocycles. The van der Waals surface area contributed by atoms with E-state index in [1.807, 2.05) is 12.1 Å². The van der Waals surface area contributed by atoms with Gasteiger partial charge >= 0.3 is 0 Å². The van der Waals surface area contributed by atoms with Gasteiger partial charge in [0.05, 0.1) is 14.2 Å². The third kappa shape index (κ3) is 4.25. The summed E-state index contributed by atoms with van der Waals surface area (Å²) in [6.45, 7) is 1.99. The van der Waals surface area contributed by atoms with Crippen LogP contribution in [-0.2, 0) is 0 Å². The summed E-state index contributed by atoms with van der Waals surface area (Å²) >= 11 is 0. The molecular formula is C20H25N3O3. The monoisotopic (exact) mass is 355 g/mol. The normalized spacial score (nSPS) is 14.5. The molecule has 1 N–H and O–H groups in total. The molecule has 0 atom stereocenters. The minimum Gasteiger partial charge on any atom is -0.493 e. The zero-order chi connectivity index (χ0) is 18.4. The van der Waals surface area contributed by atoms with Crippen molar-refractivity contribution < 1.29 is 14.3 Å². The maximum atomic E-state index is 12.6. The van der Waals surface area contributed by atoms with Crippen molar-refractivity contribution in [1.82, 2.24) is 4.98 Å². The average molecular weight is 355 g/mol. The average Bonchev–Trinajstić information content (AvgIpc) is 2.97. The van der Waals surface area contributed by atoms with Gasteiger partial charge in [-0.2, -0.15) is 0 Å². The maximum absolute atomic E-state index is 12.6. The van der Waals surface area contributed by atoms with Crippen LogP contribution in [0.15, 0.2) is 36.4 Å². The molecule has 1 aromatic carbocycles. The molecule has 0 radical (unpaired) electrons. The molecule has 2 aromatic rings. The Morgan fingerprint density at radius 1 is 1.00 bits per heavy atom. The number of carbonyl (C=O) groups excluding carboxylic acids is 1. The number of carbonyl (C=O) groups is 1. The molecule has 1 amide bonds. The first-order chi connectivity index (χ1) is 12.7. The van der Waals surface area contributed by atoms with Crippen LogP contribution in [0, 0.1) is 0 Å². The van der Waals surface area contributed by atoms with E-state index in [1.54, 1.807) is 38.5 Å². The number of anilines is 2. The van der Waals surface area contributed by atoms with Crippen LogP contribution in [0.2, 0.25) is 0 Å². The number of amides is 1. The lowest BCUT2D eigenvalue weighted by atomic mass is 10.2. The quantitative estimate of drug-likeness (QED) is 0.885. The Bertz CT molecular complexity index is 756. The summed E-state index contributed by atoms with van der Waals surface area (Å²) in [5.74, 6) is 1.81. The van der Waals surface area contributed by atoms with Crippen molar-refractivity contribution in [2.45, 2.75) is 25.7 Å². The van der Waals surface area contributed by atoms with E-state index in [1.165, 1.54) is 25.7 Å². The second-order valence-electron chi connectivity index (χ2n) is 6.31. The van der Waals surface area contributed by atoms with Gasteiger partial charge in [-0.05, 0) is 37.1 Å². The number of aromatic nitrogens is 1. The summed E-state index contributed by atoms with van der Waals surface area (Å²) in [4.78, 5) is 19.4. The van der Waals surface area contributed by atoms with Crippen LogP contribution in [0.1, 0.15) is 36.2 Å². The number of methoxy groups -OCH3 is 2. The Hall–Kier alpha value is -2.76. The third-order valence-electron chi connectivity index (χ3n) is 4.54. The summed E-state index contributed by atoms with van der Waals surface area (Å²) in [6.07, 6.45) is 4.86. The number of nitrogens with one attached hydrogen (secondary N) is 1. The van der Waals surface area contributed by atoms with Crippen LogP contribution in [-0.4, -0.2) is 38.2 Å². The topological polar surface area (TPSA) is 63.7 Å². The van der Waals surface area contributed by atoms with Crippen molar-refractivity contribution >= 4 is 17.4 Å². The van der Waals surface area contributed by atoms with E-state index in [0.29, 0.717) is 22.9 Å². The predicted octanol–water partition coefficient (Wildman–Crippen LogP) is 3.73. The number of benzene rings is 1. The molecule has 0 bridgehead atoms. The van der Waals surface area contributed by atoms with E-state index >= 15 is 0 Å². The van der Waals surface area contributed by atoms with E-state index < -0.39 is 0 Å². The van der Waals surface area contributed by atoms with Gasteiger partial charge in [-0.1, -0.05) is 18.9 Å². The van der Waals surface area contributed by atoms with Gasteiger partial charge < -0.3 is 19.7 Å². The number of rotatable bonds is 5. The van der Waals surface area contributed by atoms with Crippen molar-refractivity contribution in [1.29, 1.82) is 0 Å². The molecule has 6 nitrogen and oxygen atoms in total. The van der Waals surface area contributed by atoms with Crippen molar-refractivity contribution in [3.8, 4) is 11.5 Å². The summed E-state index contributed by atoms with van der Waals surface area (Å²) in [7, 11) is 3.14. The van der Waals surface area contributed by atoms with Crippen LogP contribution in [0.4, 0.5) is 11.5 Å². The fourth-order valence-corrected chi connectivity index (χ4v) is 3.13. The third-order valence-corrected chi connectivity index (χ3v) is 4.54. The highest BCUT2D eigenvalue weighted by molar-refractivity contribution is 6.03. The van der Waals surface area contributed by atoms with Gasteiger partial charge in [0.25, 0.3) is 5.91 Å². The Morgan fingerprint density at radius 2 is 1.73 bits per heavy atom. The highest BCUT2D eigenvalue weighted by Gasteiger charge is 2.15. The summed E-state index contributed by atoms with van der Waals surface area (Å²) < 4.78 is 10.5. The molecule has 26 heavy (non-hydrogen) atoms. The predicted molar refractivity (Wildman–Crippen MR) is 102 cm³/mol. The first-order valence-corrected chi connectivity index (χ1v) is 8.96. The first kappa shape index (κ1) is 18.0. The lowest BCUT2D eigenvalue weighted by molar-refractivity contribution is 0.102. The number of pyridine rings is 1. The number of nitrogens with zero attached hydrogens (tertiary/aromatic N) is 2. The standard InChI is InChI=1S/C20H25N3O3/c1-25-17-11-10-15(14-18(17)26-2)21-20(24)16-8-7-9-19(22-16)23-12-5-3-4-6-13-23/h7-11,14H,3-6,12-13H2,1-2H3,(H,21,24). The van der Waals surface area contributed by atoms with E-state index in [-0.39, 0.29) is 5.91 Å². The molecule has 3 rings (SSSR count). The van der Waals surface area contributed by atoms with E-state index in [0.717, 1.165) is 18.9 Å². The smallest absolute Gasteiger partial charge is 0.274 e. The molecule has 0 aliphatic carbocycles. The second-order valence-corrected chi connectivity index (χ2v) is 6.31. The number of hydrogen-bond acceptors (Lipinski definition) is 5. The lowest BCUT2D eigenvalue weighted by Gasteiger charge is -2.21. The van der Waals surface area contributed by atoms with Crippen LogP contribution < -0.4 is 19.7 Å². The fourth-order valence-electron chi connectivity index (χ4n) is 3.13. The van der Waals surface area contributed by atoms with Gasteiger partial charge in [-0.3, -0.25) is 4.79 Å². The van der Waals surface area contributed by atoms with Crippen molar-refractivity contribution in [3.63, 3.8) is 0 Å². The molecule has 2 heterocycles. The summed E-state index contributed by atoms with van der Waals surface area (Å²) in [5, 5.41) is 2.87. The molecule has 0 spiro atoms. The van der Waals surface area contributed by atoms with Crippen molar-refractivity contribution in [3.05, 3.63) is 42.1 Å². The van der Waals surface area contributed by atoms with Gasteiger partial charge in [-0.25, -0.2) is 4.98 Å². The molecule has 1 aliphatic heterocycles. The maximum Gasteiger partial charge on any atom is 0.274 e. The Morgan fingerprint density at radius 3 is 2.42 bits per heavy atom. The van der Waals surface area contributed by atoms with Gasteiger partial charge in [0.15, 0.2) is 11.5 Å². The molecule has 1 aliphatic rings. The minimum absolute atomic E-state index is 0.242. The SMILES string of the molecule is COc1ccc(NC(=O)c2cccc(N3CCCCCC3)n2)cc1OC. The number of hydrogen-bond donors (Lipinski definition) is 1. The molecule has 138 valence electrons. The molecule has 1 aromatic heterocycles. The molecule has 0 unspecified atom stereocenters. The van der Waals surface area contributed by atoms with Crippen molar-refractivity contribution in [2.75, 3.05) is 37.5 Å². The Kier molecular flexibility index (Phi) is 5.94. The molecular weight excluding hydrogens is 330 g/mol. The highest BCUT2D eigenvalue weighted by atomic mass is 16.5. The van der Waals surface area contributed by atoms with E-state index in [9.17, 15) is 4.79 Å². The van der Waals surface area contributed by atoms with Crippen LogP contribution in [0.25, 0.3) is 0 Å². The van der Waals surface area contributed by atoms with Crippen LogP contribution >= 0.6 is 0 Å². The highest BCUT2D eigenvalue weighted by Crippen LogP contribution is 2.30. The Labute approximate surface area is 154 Å². The van der Waals surface area contributed by atoms with E-state index in [4.69, 9.17) is 9.47 Å². The van der Waals surface area contributed by atoms with Crippen LogP contribution in [0.3, 0.4) is 0 Å². The van der Waals surface area contributed by atoms with Crippen molar-refractivity contribution in [2.24, 2.45) is 0 Å². The van der Waals surface area contributed by atoms with Gasteiger partial charge in [0.2, 0.25) is 0 Å². The summed E-state index contributed by atoms with van der Waals surface area (Å²) in [5.41, 5.74) is 1.04. The summed E-state index contributed by atoms with van der Waals surface area (Å²) in [6, 6.07) is 10.9. The van der Waals surface area contributed by atoms with E-state index in [2.05, 4.69) is 15.2 Å². The number of ether oxygens (including phenoxy) is 2. The molecule has 1 fully saturated rings.